The largest absolute Gasteiger partial charge is 0.465 e. The van der Waals surface area contributed by atoms with E-state index in [0.717, 1.165) is 37.3 Å². The molecule has 1 saturated heterocycles. The Labute approximate surface area is 200 Å². The molecule has 34 heavy (non-hydrogen) atoms. The van der Waals surface area contributed by atoms with Crippen molar-refractivity contribution in [3.8, 4) is 0 Å². The minimum absolute atomic E-state index is 0.0877. The topological polar surface area (TPSA) is 67.6 Å². The predicted molar refractivity (Wildman–Crippen MR) is 134 cm³/mol. The molecular formula is C28H31N3O3. The van der Waals surface area contributed by atoms with Gasteiger partial charge in [-0.05, 0) is 67.0 Å². The van der Waals surface area contributed by atoms with Crippen LogP contribution in [0.1, 0.15) is 53.8 Å². The number of aromatic nitrogens is 2. The molecule has 6 heteroatoms. The quantitative estimate of drug-likeness (QED) is 0.538. The van der Waals surface area contributed by atoms with Crippen LogP contribution in [0.15, 0.2) is 67.1 Å². The Morgan fingerprint density at radius 1 is 1.15 bits per heavy atom. The summed E-state index contributed by atoms with van der Waals surface area (Å²) in [4.78, 5) is 18.6. The van der Waals surface area contributed by atoms with Crippen molar-refractivity contribution in [1.82, 2.24) is 9.55 Å². The molecule has 2 aliphatic heterocycles. The van der Waals surface area contributed by atoms with Crippen LogP contribution in [0.3, 0.4) is 0 Å². The molecule has 176 valence electrons. The lowest BCUT2D eigenvalue weighted by atomic mass is 9.85. The smallest absolute Gasteiger partial charge is 0.337 e. The molecule has 1 aromatic heterocycles. The molecular weight excluding hydrogens is 426 g/mol. The summed E-state index contributed by atoms with van der Waals surface area (Å²) in [5.74, 6) is -0.0786. The van der Waals surface area contributed by atoms with Crippen LogP contribution in [0.2, 0.25) is 0 Å². The average Bonchev–Trinajstić information content (AvgIpc) is 3.47. The number of fused-ring (bicyclic) bond motifs is 1. The summed E-state index contributed by atoms with van der Waals surface area (Å²) in [6.07, 6.45) is 5.92. The van der Waals surface area contributed by atoms with Gasteiger partial charge in [-0.2, -0.15) is 0 Å². The van der Waals surface area contributed by atoms with E-state index >= 15 is 0 Å². The van der Waals surface area contributed by atoms with E-state index in [0.29, 0.717) is 12.0 Å². The van der Waals surface area contributed by atoms with Gasteiger partial charge in [-0.1, -0.05) is 36.4 Å². The molecule has 3 heterocycles. The van der Waals surface area contributed by atoms with Gasteiger partial charge in [0.2, 0.25) is 0 Å². The minimum atomic E-state index is -0.395. The highest BCUT2D eigenvalue weighted by molar-refractivity contribution is 5.93. The average molecular weight is 458 g/mol. The van der Waals surface area contributed by atoms with Crippen LogP contribution in [-0.2, 0) is 4.74 Å². The maximum atomic E-state index is 11.9. The zero-order valence-corrected chi connectivity index (χ0v) is 19.7. The fourth-order valence-electron chi connectivity index (χ4n) is 5.54. The molecule has 2 aromatic carbocycles. The van der Waals surface area contributed by atoms with E-state index in [9.17, 15) is 9.90 Å². The number of aliphatic hydroxyl groups excluding tert-OH is 1. The number of benzene rings is 2. The SMILES string of the molecule is COC(=O)c1cccc(N2CCC(C(O)CC3C(c4ccccc4)=C(C)c4cncn43)CC2)c1. The van der Waals surface area contributed by atoms with Gasteiger partial charge in [0.25, 0.3) is 0 Å². The highest BCUT2D eigenvalue weighted by atomic mass is 16.5. The third-order valence-corrected chi connectivity index (χ3v) is 7.39. The number of piperidine rings is 1. The number of methoxy groups -OCH3 is 1. The van der Waals surface area contributed by atoms with Crippen molar-refractivity contribution in [2.45, 2.75) is 38.3 Å². The standard InChI is InChI=1S/C28H31N3O3/c1-19-25-17-29-18-31(25)24(27(19)21-7-4-3-5-8-21)16-26(32)20-11-13-30(14-12-20)23-10-6-9-22(15-23)28(33)34-2/h3-10,15,17-18,20,24,26,32H,11-14,16H2,1-2H3. The number of imidazole rings is 1. The molecule has 0 aliphatic carbocycles. The molecule has 0 saturated carbocycles. The molecule has 2 unspecified atom stereocenters. The van der Waals surface area contributed by atoms with E-state index in [4.69, 9.17) is 4.74 Å². The highest BCUT2D eigenvalue weighted by Gasteiger charge is 2.34. The molecule has 6 nitrogen and oxygen atoms in total. The first-order chi connectivity index (χ1) is 16.6. The Morgan fingerprint density at radius 3 is 2.65 bits per heavy atom. The molecule has 5 rings (SSSR count). The Kier molecular flexibility index (Phi) is 6.24. The molecule has 0 spiro atoms. The second-order valence-electron chi connectivity index (χ2n) is 9.28. The Balaban J connectivity index is 1.28. The fraction of sp³-hybridized carbons (Fsp3) is 0.357. The zero-order valence-electron chi connectivity index (χ0n) is 19.7. The van der Waals surface area contributed by atoms with Gasteiger partial charge in [0.15, 0.2) is 0 Å². The van der Waals surface area contributed by atoms with Gasteiger partial charge in [-0.3, -0.25) is 0 Å². The van der Waals surface area contributed by atoms with Crippen LogP contribution in [0, 0.1) is 5.92 Å². The van der Waals surface area contributed by atoms with Crippen molar-refractivity contribution in [1.29, 1.82) is 0 Å². The number of anilines is 1. The van der Waals surface area contributed by atoms with E-state index in [2.05, 4.69) is 45.6 Å². The van der Waals surface area contributed by atoms with E-state index in [1.54, 1.807) is 6.07 Å². The van der Waals surface area contributed by atoms with Crippen LogP contribution >= 0.6 is 0 Å². The number of nitrogens with zero attached hydrogens (tertiary/aromatic N) is 3. The Hall–Kier alpha value is -3.38. The van der Waals surface area contributed by atoms with Crippen LogP contribution in [0.25, 0.3) is 11.1 Å². The number of rotatable bonds is 6. The fourth-order valence-corrected chi connectivity index (χ4v) is 5.54. The van der Waals surface area contributed by atoms with Crippen LogP contribution in [-0.4, -0.2) is 46.9 Å². The van der Waals surface area contributed by atoms with Crippen molar-refractivity contribution in [2.75, 3.05) is 25.1 Å². The molecule has 1 N–H and O–H groups in total. The maximum absolute atomic E-state index is 11.9. The van der Waals surface area contributed by atoms with Gasteiger partial charge in [0.1, 0.15) is 0 Å². The lowest BCUT2D eigenvalue weighted by Gasteiger charge is -2.36. The van der Waals surface area contributed by atoms with Gasteiger partial charge >= 0.3 is 5.97 Å². The highest BCUT2D eigenvalue weighted by Crippen LogP contribution is 2.45. The molecule has 0 radical (unpaired) electrons. The number of hydrogen-bond donors (Lipinski definition) is 1. The monoisotopic (exact) mass is 457 g/mol. The number of carbonyl (C=O) groups is 1. The summed E-state index contributed by atoms with van der Waals surface area (Å²) in [5, 5.41) is 11.3. The van der Waals surface area contributed by atoms with Crippen LogP contribution < -0.4 is 4.90 Å². The van der Waals surface area contributed by atoms with Crippen molar-refractivity contribution >= 4 is 22.8 Å². The van der Waals surface area contributed by atoms with E-state index in [1.807, 2.05) is 36.8 Å². The summed E-state index contributed by atoms with van der Waals surface area (Å²) in [5.41, 5.74) is 6.46. The number of ether oxygens (including phenoxy) is 1. The van der Waals surface area contributed by atoms with Gasteiger partial charge < -0.3 is 19.3 Å². The maximum Gasteiger partial charge on any atom is 0.337 e. The second kappa shape index (κ2) is 9.47. The van der Waals surface area contributed by atoms with E-state index in [-0.39, 0.29) is 17.9 Å². The molecule has 2 atom stereocenters. The summed E-state index contributed by atoms with van der Waals surface area (Å²) in [6.45, 7) is 3.87. The summed E-state index contributed by atoms with van der Waals surface area (Å²) < 4.78 is 7.07. The van der Waals surface area contributed by atoms with Crippen LogP contribution in [0.5, 0.6) is 0 Å². The molecule has 0 amide bonds. The first kappa shape index (κ1) is 22.4. The zero-order chi connectivity index (χ0) is 23.7. The third kappa shape index (κ3) is 4.14. The van der Waals surface area contributed by atoms with Gasteiger partial charge in [0, 0.05) is 18.8 Å². The minimum Gasteiger partial charge on any atom is -0.465 e. The van der Waals surface area contributed by atoms with Gasteiger partial charge in [0.05, 0.1) is 43.0 Å². The number of carbonyl (C=O) groups excluding carboxylic acids is 1. The molecule has 2 aliphatic rings. The predicted octanol–water partition coefficient (Wildman–Crippen LogP) is 4.82. The van der Waals surface area contributed by atoms with Gasteiger partial charge in [-0.25, -0.2) is 9.78 Å². The lowest BCUT2D eigenvalue weighted by molar-refractivity contribution is 0.0600. The van der Waals surface area contributed by atoms with Crippen molar-refractivity contribution in [3.05, 3.63) is 83.9 Å². The van der Waals surface area contributed by atoms with Crippen molar-refractivity contribution in [2.24, 2.45) is 5.92 Å². The van der Waals surface area contributed by atoms with Crippen molar-refractivity contribution in [3.63, 3.8) is 0 Å². The van der Waals surface area contributed by atoms with E-state index in [1.165, 1.54) is 23.8 Å². The molecule has 1 fully saturated rings. The third-order valence-electron chi connectivity index (χ3n) is 7.39. The number of hydrogen-bond acceptors (Lipinski definition) is 5. The van der Waals surface area contributed by atoms with E-state index < -0.39 is 6.10 Å². The van der Waals surface area contributed by atoms with Crippen LogP contribution in [0.4, 0.5) is 5.69 Å². The molecule has 0 bridgehead atoms. The normalized spacial score (nSPS) is 19.3. The van der Waals surface area contributed by atoms with Crippen molar-refractivity contribution < 1.29 is 14.6 Å². The first-order valence-electron chi connectivity index (χ1n) is 12.0. The first-order valence-corrected chi connectivity index (χ1v) is 12.0. The molecule has 3 aromatic rings. The Morgan fingerprint density at radius 2 is 1.91 bits per heavy atom. The summed E-state index contributed by atoms with van der Waals surface area (Å²) >= 11 is 0. The lowest BCUT2D eigenvalue weighted by Crippen LogP contribution is -2.38. The van der Waals surface area contributed by atoms with Gasteiger partial charge in [-0.15, -0.1) is 0 Å². The number of allylic oxidation sites excluding steroid dienone is 2. The second-order valence-corrected chi connectivity index (χ2v) is 9.28. The summed E-state index contributed by atoms with van der Waals surface area (Å²) in [6, 6.07) is 18.2. The summed E-state index contributed by atoms with van der Waals surface area (Å²) in [7, 11) is 1.40. The number of esters is 1. The Bertz CT molecular complexity index is 1190. The number of aliphatic hydroxyl groups is 1.